The molecule has 1 N–H and O–H groups in total. The summed E-state index contributed by atoms with van der Waals surface area (Å²) in [5.41, 5.74) is 1.45. The van der Waals surface area contributed by atoms with Crippen LogP contribution in [0.4, 0.5) is 5.69 Å². The van der Waals surface area contributed by atoms with Crippen molar-refractivity contribution in [3.05, 3.63) is 42.0 Å². The molecule has 2 aromatic rings. The molecule has 0 radical (unpaired) electrons. The monoisotopic (exact) mass is 547 g/mol. The standard InChI is InChI=1S/C26H33N3O6S2/c1-3-34-22-9-7-19(15-23(22)35-4-2)11-12-27-25(30)17-29-21-16-20(8-10-24(21)36-18-26(29)31)37(32,33)28-13-5-6-14-28/h7-10,15-16H,3-6,11-14,17-18H2,1-2H3,(H,27,30). The molecule has 2 amide bonds. The Labute approximate surface area is 222 Å². The van der Waals surface area contributed by atoms with Gasteiger partial charge in [0.15, 0.2) is 11.5 Å². The molecule has 200 valence electrons. The van der Waals surface area contributed by atoms with Crippen LogP contribution in [0.2, 0.25) is 0 Å². The lowest BCUT2D eigenvalue weighted by Crippen LogP contribution is -2.43. The first-order chi connectivity index (χ1) is 17.8. The van der Waals surface area contributed by atoms with Crippen molar-refractivity contribution in [2.24, 2.45) is 0 Å². The Balaban J connectivity index is 1.41. The maximum atomic E-state index is 13.0. The van der Waals surface area contributed by atoms with E-state index in [2.05, 4.69) is 5.32 Å². The summed E-state index contributed by atoms with van der Waals surface area (Å²) in [5.74, 6) is 1.01. The first kappa shape index (κ1) is 27.3. The zero-order valence-corrected chi connectivity index (χ0v) is 22.8. The number of benzene rings is 2. The van der Waals surface area contributed by atoms with Crippen molar-refractivity contribution >= 4 is 39.3 Å². The maximum absolute atomic E-state index is 13.0. The number of sulfonamides is 1. The van der Waals surface area contributed by atoms with E-state index in [-0.39, 0.29) is 29.0 Å². The van der Waals surface area contributed by atoms with Crippen LogP contribution in [-0.4, -0.2) is 69.7 Å². The number of thioether (sulfide) groups is 1. The summed E-state index contributed by atoms with van der Waals surface area (Å²) in [5, 5.41) is 2.87. The minimum Gasteiger partial charge on any atom is -0.490 e. The molecule has 2 aliphatic rings. The molecule has 0 atom stereocenters. The lowest BCUT2D eigenvalue weighted by Gasteiger charge is -2.29. The number of ether oxygens (including phenoxy) is 2. The van der Waals surface area contributed by atoms with Crippen LogP contribution in [0.3, 0.4) is 0 Å². The summed E-state index contributed by atoms with van der Waals surface area (Å²) in [6.07, 6.45) is 2.26. The highest BCUT2D eigenvalue weighted by Gasteiger charge is 2.31. The highest BCUT2D eigenvalue weighted by Crippen LogP contribution is 2.37. The van der Waals surface area contributed by atoms with Crippen LogP contribution in [0.25, 0.3) is 0 Å². The molecule has 4 rings (SSSR count). The molecule has 2 heterocycles. The molecule has 37 heavy (non-hydrogen) atoms. The number of carbonyl (C=O) groups excluding carboxylic acids is 2. The summed E-state index contributed by atoms with van der Waals surface area (Å²) < 4.78 is 38.8. The number of carbonyl (C=O) groups is 2. The topological polar surface area (TPSA) is 105 Å². The minimum absolute atomic E-state index is 0.148. The summed E-state index contributed by atoms with van der Waals surface area (Å²) in [7, 11) is -3.63. The van der Waals surface area contributed by atoms with Crippen LogP contribution in [-0.2, 0) is 26.0 Å². The molecule has 1 fully saturated rings. The predicted octanol–water partition coefficient (Wildman–Crippen LogP) is 3.07. The van der Waals surface area contributed by atoms with Crippen LogP contribution in [0.15, 0.2) is 46.2 Å². The van der Waals surface area contributed by atoms with Gasteiger partial charge >= 0.3 is 0 Å². The molecule has 0 saturated carbocycles. The van der Waals surface area contributed by atoms with Gasteiger partial charge in [0.1, 0.15) is 6.54 Å². The van der Waals surface area contributed by atoms with E-state index in [0.717, 1.165) is 23.3 Å². The number of amides is 2. The minimum atomic E-state index is -3.63. The van der Waals surface area contributed by atoms with Gasteiger partial charge in [-0.2, -0.15) is 4.31 Å². The summed E-state index contributed by atoms with van der Waals surface area (Å²) in [6.45, 7) is 6.09. The molecule has 2 aromatic carbocycles. The number of hydrogen-bond acceptors (Lipinski definition) is 7. The first-order valence-corrected chi connectivity index (χ1v) is 15.0. The molecule has 0 bridgehead atoms. The number of nitrogens with one attached hydrogen (secondary N) is 1. The van der Waals surface area contributed by atoms with Gasteiger partial charge in [-0.1, -0.05) is 6.07 Å². The predicted molar refractivity (Wildman–Crippen MR) is 143 cm³/mol. The molecule has 1 saturated heterocycles. The molecule has 11 heteroatoms. The van der Waals surface area contributed by atoms with Crippen molar-refractivity contribution < 1.29 is 27.5 Å². The zero-order valence-electron chi connectivity index (χ0n) is 21.2. The van der Waals surface area contributed by atoms with Crippen molar-refractivity contribution in [1.82, 2.24) is 9.62 Å². The Morgan fingerprint density at radius 2 is 1.76 bits per heavy atom. The van der Waals surface area contributed by atoms with E-state index in [4.69, 9.17) is 9.47 Å². The third-order valence-electron chi connectivity index (χ3n) is 6.22. The van der Waals surface area contributed by atoms with Crippen LogP contribution in [0.1, 0.15) is 32.3 Å². The van der Waals surface area contributed by atoms with Crippen molar-refractivity contribution in [3.8, 4) is 11.5 Å². The van der Waals surface area contributed by atoms with E-state index in [1.54, 1.807) is 12.1 Å². The summed E-state index contributed by atoms with van der Waals surface area (Å²) >= 11 is 1.35. The quantitative estimate of drug-likeness (QED) is 0.461. The van der Waals surface area contributed by atoms with Gasteiger partial charge in [0.25, 0.3) is 0 Å². The fraction of sp³-hybridized carbons (Fsp3) is 0.462. The van der Waals surface area contributed by atoms with E-state index in [1.807, 2.05) is 32.0 Å². The van der Waals surface area contributed by atoms with Gasteiger partial charge in [0.05, 0.1) is 29.5 Å². The zero-order chi connectivity index (χ0) is 26.4. The van der Waals surface area contributed by atoms with Crippen molar-refractivity contribution in [2.45, 2.75) is 42.9 Å². The largest absolute Gasteiger partial charge is 0.490 e. The van der Waals surface area contributed by atoms with Crippen molar-refractivity contribution in [1.29, 1.82) is 0 Å². The Kier molecular flexibility index (Phi) is 8.99. The molecule has 9 nitrogen and oxygen atoms in total. The second-order valence-electron chi connectivity index (χ2n) is 8.76. The Hall–Kier alpha value is -2.76. The van der Waals surface area contributed by atoms with E-state index < -0.39 is 10.0 Å². The molecule has 0 spiro atoms. The average Bonchev–Trinajstić information content (AvgIpc) is 3.43. The third-order valence-corrected chi connectivity index (χ3v) is 9.16. The normalized spacial score (nSPS) is 15.9. The Morgan fingerprint density at radius 3 is 2.49 bits per heavy atom. The highest BCUT2D eigenvalue weighted by atomic mass is 32.2. The molecular weight excluding hydrogens is 514 g/mol. The molecule has 0 unspecified atom stereocenters. The van der Waals surface area contributed by atoms with E-state index >= 15 is 0 Å². The number of hydrogen-bond donors (Lipinski definition) is 1. The van der Waals surface area contributed by atoms with E-state index in [1.165, 1.54) is 27.0 Å². The second kappa shape index (κ2) is 12.2. The Morgan fingerprint density at radius 1 is 1.03 bits per heavy atom. The van der Waals surface area contributed by atoms with Gasteiger partial charge in [-0.15, -0.1) is 11.8 Å². The fourth-order valence-corrected chi connectivity index (χ4v) is 6.84. The second-order valence-corrected chi connectivity index (χ2v) is 11.7. The van der Waals surface area contributed by atoms with Crippen LogP contribution >= 0.6 is 11.8 Å². The number of nitrogens with zero attached hydrogens (tertiary/aromatic N) is 2. The third kappa shape index (κ3) is 6.39. The van der Waals surface area contributed by atoms with Gasteiger partial charge < -0.3 is 19.7 Å². The highest BCUT2D eigenvalue weighted by molar-refractivity contribution is 8.00. The smallest absolute Gasteiger partial charge is 0.243 e. The van der Waals surface area contributed by atoms with Gasteiger partial charge in [0, 0.05) is 24.5 Å². The molecular formula is C26H33N3O6S2. The lowest BCUT2D eigenvalue weighted by molar-refractivity contribution is -0.122. The molecule has 2 aliphatic heterocycles. The lowest BCUT2D eigenvalue weighted by atomic mass is 10.1. The van der Waals surface area contributed by atoms with Gasteiger partial charge in [-0.3, -0.25) is 9.59 Å². The summed E-state index contributed by atoms with van der Waals surface area (Å²) in [6, 6.07) is 10.5. The summed E-state index contributed by atoms with van der Waals surface area (Å²) in [4.78, 5) is 27.8. The SMILES string of the molecule is CCOc1ccc(CCNC(=O)CN2C(=O)CSc3ccc(S(=O)(=O)N4CCCC4)cc32)cc1OCC. The van der Waals surface area contributed by atoms with Crippen molar-refractivity contribution in [3.63, 3.8) is 0 Å². The van der Waals surface area contributed by atoms with Crippen molar-refractivity contribution in [2.75, 3.05) is 50.0 Å². The van der Waals surface area contributed by atoms with E-state index in [9.17, 15) is 18.0 Å². The van der Waals surface area contributed by atoms with Gasteiger partial charge in [-0.05, 0) is 69.0 Å². The fourth-order valence-electron chi connectivity index (χ4n) is 4.39. The number of rotatable bonds is 11. The maximum Gasteiger partial charge on any atom is 0.243 e. The van der Waals surface area contributed by atoms with Crippen LogP contribution < -0.4 is 19.7 Å². The van der Waals surface area contributed by atoms with Gasteiger partial charge in [-0.25, -0.2) is 8.42 Å². The van der Waals surface area contributed by atoms with Gasteiger partial charge in [0.2, 0.25) is 21.8 Å². The Bertz CT molecular complexity index is 1240. The van der Waals surface area contributed by atoms with Crippen LogP contribution in [0, 0.1) is 0 Å². The molecule has 0 aliphatic carbocycles. The average molecular weight is 548 g/mol. The molecule has 0 aromatic heterocycles. The number of anilines is 1. The number of fused-ring (bicyclic) bond motifs is 1. The van der Waals surface area contributed by atoms with E-state index in [0.29, 0.717) is 56.5 Å². The first-order valence-electron chi connectivity index (χ1n) is 12.6. The van der Waals surface area contributed by atoms with Crippen LogP contribution in [0.5, 0.6) is 11.5 Å².